The van der Waals surface area contributed by atoms with Crippen molar-refractivity contribution in [3.63, 3.8) is 0 Å². The standard InChI is InChI=1S/C26H40N2O6/c1-7-11-17(5)27(14-8-2)23(31)21-26-13-12-25(6,34-26)20(24(32)33-15-9-3)19(26)22(30)28(21)18(10-4)16-29/h8-9,17-21,29H,2-3,7,10-16H2,1,4-6H3/t17?,18-,19-,20-,21?,25+,26?/m0/s1. The molecule has 3 aliphatic heterocycles. The molecular weight excluding hydrogens is 436 g/mol. The zero-order valence-corrected chi connectivity index (χ0v) is 21.0. The number of hydrogen-bond donors (Lipinski definition) is 1. The van der Waals surface area contributed by atoms with Crippen molar-refractivity contribution in [3.8, 4) is 0 Å². The first-order valence-corrected chi connectivity index (χ1v) is 12.5. The lowest BCUT2D eigenvalue weighted by Gasteiger charge is -2.41. The molecule has 3 unspecified atom stereocenters. The van der Waals surface area contributed by atoms with Crippen LogP contribution in [-0.2, 0) is 23.9 Å². The van der Waals surface area contributed by atoms with E-state index in [9.17, 15) is 19.5 Å². The SMILES string of the molecule is C=CCOC(=O)[C@@H]1[C@H]2C(=O)N([C@@H](CC)CO)C(C(=O)N(CC=C)C(C)CCC)C23CC[C@@]1(C)O3. The van der Waals surface area contributed by atoms with Gasteiger partial charge in [-0.25, -0.2) is 0 Å². The van der Waals surface area contributed by atoms with E-state index in [4.69, 9.17) is 9.47 Å². The van der Waals surface area contributed by atoms with Crippen molar-refractivity contribution in [2.75, 3.05) is 19.8 Å². The molecule has 0 aromatic heterocycles. The Balaban J connectivity index is 2.11. The van der Waals surface area contributed by atoms with Crippen LogP contribution in [0.2, 0.25) is 0 Å². The van der Waals surface area contributed by atoms with E-state index in [0.717, 1.165) is 12.8 Å². The Bertz CT molecular complexity index is 826. The largest absolute Gasteiger partial charge is 0.461 e. The van der Waals surface area contributed by atoms with Crippen molar-refractivity contribution in [1.29, 1.82) is 0 Å². The summed E-state index contributed by atoms with van der Waals surface area (Å²) in [7, 11) is 0. The van der Waals surface area contributed by atoms with Gasteiger partial charge in [0.25, 0.3) is 0 Å². The number of aliphatic hydroxyl groups is 1. The fourth-order valence-corrected chi connectivity index (χ4v) is 6.40. The molecule has 1 N–H and O–H groups in total. The number of amides is 2. The number of carbonyl (C=O) groups is 3. The Morgan fingerprint density at radius 1 is 1.32 bits per heavy atom. The lowest BCUT2D eigenvalue weighted by Crippen LogP contribution is -2.60. The van der Waals surface area contributed by atoms with Crippen LogP contribution >= 0.6 is 0 Å². The van der Waals surface area contributed by atoms with E-state index in [-0.39, 0.29) is 31.1 Å². The topological polar surface area (TPSA) is 96.4 Å². The fourth-order valence-electron chi connectivity index (χ4n) is 6.40. The van der Waals surface area contributed by atoms with Crippen molar-refractivity contribution >= 4 is 17.8 Å². The van der Waals surface area contributed by atoms with Crippen molar-refractivity contribution in [2.24, 2.45) is 11.8 Å². The van der Waals surface area contributed by atoms with Crippen LogP contribution in [0, 0.1) is 11.8 Å². The van der Waals surface area contributed by atoms with Gasteiger partial charge in [-0.3, -0.25) is 14.4 Å². The molecule has 3 aliphatic rings. The number of ether oxygens (including phenoxy) is 2. The summed E-state index contributed by atoms with van der Waals surface area (Å²) >= 11 is 0. The molecule has 0 radical (unpaired) electrons. The number of rotatable bonds is 12. The number of likely N-dealkylation sites (tertiary alicyclic amines) is 1. The third-order valence-corrected chi connectivity index (χ3v) is 7.97. The Morgan fingerprint density at radius 2 is 2.03 bits per heavy atom. The van der Waals surface area contributed by atoms with Crippen LogP contribution in [0.25, 0.3) is 0 Å². The number of hydrogen-bond acceptors (Lipinski definition) is 6. The fraction of sp³-hybridized carbons (Fsp3) is 0.731. The number of nitrogens with zero attached hydrogens (tertiary/aromatic N) is 2. The number of esters is 1. The van der Waals surface area contributed by atoms with Crippen molar-refractivity contribution in [1.82, 2.24) is 9.80 Å². The van der Waals surface area contributed by atoms with Gasteiger partial charge >= 0.3 is 5.97 Å². The van der Waals surface area contributed by atoms with Gasteiger partial charge in [0.15, 0.2) is 0 Å². The van der Waals surface area contributed by atoms with Crippen LogP contribution in [0.15, 0.2) is 25.3 Å². The average Bonchev–Trinajstić information content (AvgIpc) is 3.37. The van der Waals surface area contributed by atoms with E-state index in [2.05, 4.69) is 20.1 Å². The predicted molar refractivity (Wildman–Crippen MR) is 128 cm³/mol. The summed E-state index contributed by atoms with van der Waals surface area (Å²) in [6.45, 7) is 15.3. The molecule has 7 atom stereocenters. The predicted octanol–water partition coefficient (Wildman–Crippen LogP) is 2.45. The van der Waals surface area contributed by atoms with Gasteiger partial charge in [0, 0.05) is 12.6 Å². The molecule has 34 heavy (non-hydrogen) atoms. The lowest BCUT2D eigenvalue weighted by atomic mass is 9.66. The van der Waals surface area contributed by atoms with E-state index >= 15 is 0 Å². The van der Waals surface area contributed by atoms with Crippen LogP contribution in [0.5, 0.6) is 0 Å². The summed E-state index contributed by atoms with van der Waals surface area (Å²) in [5.41, 5.74) is -2.02. The van der Waals surface area contributed by atoms with Crippen LogP contribution < -0.4 is 0 Å². The lowest BCUT2D eigenvalue weighted by molar-refractivity contribution is -0.161. The third kappa shape index (κ3) is 3.98. The minimum atomic E-state index is -1.13. The van der Waals surface area contributed by atoms with E-state index in [1.165, 1.54) is 11.0 Å². The molecule has 2 bridgehead atoms. The first kappa shape index (κ1) is 26.4. The van der Waals surface area contributed by atoms with E-state index in [0.29, 0.717) is 25.8 Å². The minimum Gasteiger partial charge on any atom is -0.461 e. The van der Waals surface area contributed by atoms with Gasteiger partial charge in [-0.15, -0.1) is 6.58 Å². The summed E-state index contributed by atoms with van der Waals surface area (Å²) in [6, 6.07) is -1.52. The van der Waals surface area contributed by atoms with Gasteiger partial charge in [0.2, 0.25) is 11.8 Å². The first-order chi connectivity index (χ1) is 16.2. The molecule has 0 aromatic rings. The highest BCUT2D eigenvalue weighted by molar-refractivity contribution is 5.98. The van der Waals surface area contributed by atoms with Crippen LogP contribution in [0.4, 0.5) is 0 Å². The Kier molecular flexibility index (Phi) is 7.92. The summed E-state index contributed by atoms with van der Waals surface area (Å²) in [4.78, 5) is 44.6. The average molecular weight is 477 g/mol. The summed E-state index contributed by atoms with van der Waals surface area (Å²) < 4.78 is 12.0. The minimum absolute atomic E-state index is 0.0429. The zero-order valence-electron chi connectivity index (χ0n) is 21.0. The second-order valence-corrected chi connectivity index (χ2v) is 10.1. The second-order valence-electron chi connectivity index (χ2n) is 10.1. The quantitative estimate of drug-likeness (QED) is 0.343. The van der Waals surface area contributed by atoms with Crippen molar-refractivity contribution in [3.05, 3.63) is 25.3 Å². The summed E-state index contributed by atoms with van der Waals surface area (Å²) in [6.07, 6.45) is 6.40. The Morgan fingerprint density at radius 3 is 2.59 bits per heavy atom. The van der Waals surface area contributed by atoms with Gasteiger partial charge < -0.3 is 24.4 Å². The smallest absolute Gasteiger partial charge is 0.313 e. The van der Waals surface area contributed by atoms with Crippen molar-refractivity contribution < 1.29 is 29.0 Å². The molecule has 3 rings (SSSR count). The van der Waals surface area contributed by atoms with Crippen LogP contribution in [-0.4, -0.2) is 81.8 Å². The molecule has 8 nitrogen and oxygen atoms in total. The maximum Gasteiger partial charge on any atom is 0.313 e. The van der Waals surface area contributed by atoms with Gasteiger partial charge in [0.1, 0.15) is 24.2 Å². The molecule has 3 saturated heterocycles. The van der Waals surface area contributed by atoms with Gasteiger partial charge in [-0.2, -0.15) is 0 Å². The van der Waals surface area contributed by atoms with E-state index < -0.39 is 41.1 Å². The number of fused-ring (bicyclic) bond motifs is 1. The van der Waals surface area contributed by atoms with E-state index in [1.54, 1.807) is 11.0 Å². The maximum absolute atomic E-state index is 14.2. The Hall–Kier alpha value is -2.19. The molecule has 2 amide bonds. The maximum atomic E-state index is 14.2. The molecule has 0 aromatic carbocycles. The van der Waals surface area contributed by atoms with Crippen molar-refractivity contribution in [2.45, 2.75) is 89.1 Å². The first-order valence-electron chi connectivity index (χ1n) is 12.5. The molecule has 1 spiro atoms. The Labute approximate surface area is 202 Å². The molecule has 3 heterocycles. The van der Waals surface area contributed by atoms with E-state index in [1.807, 2.05) is 20.8 Å². The van der Waals surface area contributed by atoms with Gasteiger partial charge in [-0.1, -0.05) is 39.0 Å². The highest BCUT2D eigenvalue weighted by Gasteiger charge is 2.79. The van der Waals surface area contributed by atoms with Crippen LogP contribution in [0.1, 0.15) is 59.8 Å². The zero-order chi connectivity index (χ0) is 25.3. The normalized spacial score (nSPS) is 33.4. The second kappa shape index (κ2) is 10.2. The van der Waals surface area contributed by atoms with Gasteiger partial charge in [-0.05, 0) is 39.5 Å². The van der Waals surface area contributed by atoms with Gasteiger partial charge in [0.05, 0.1) is 24.2 Å². The number of aliphatic hydroxyl groups excluding tert-OH is 1. The summed E-state index contributed by atoms with van der Waals surface area (Å²) in [5.74, 6) is -2.68. The summed E-state index contributed by atoms with van der Waals surface area (Å²) in [5, 5.41) is 10.1. The molecule has 0 saturated carbocycles. The monoisotopic (exact) mass is 476 g/mol. The molecular formula is C26H40N2O6. The highest BCUT2D eigenvalue weighted by atomic mass is 16.6. The molecule has 3 fully saturated rings. The third-order valence-electron chi connectivity index (χ3n) is 7.97. The number of carbonyl (C=O) groups excluding carboxylic acids is 3. The molecule has 190 valence electrons. The highest BCUT2D eigenvalue weighted by Crippen LogP contribution is 2.63. The molecule has 0 aliphatic carbocycles. The van der Waals surface area contributed by atoms with Crippen LogP contribution in [0.3, 0.4) is 0 Å². The molecule has 8 heteroatoms.